The van der Waals surface area contributed by atoms with Crippen LogP contribution < -0.4 is 4.90 Å². The lowest BCUT2D eigenvalue weighted by Gasteiger charge is -2.23. The lowest BCUT2D eigenvalue weighted by Crippen LogP contribution is -3.11. The molecule has 4 rings (SSSR count). The topological polar surface area (TPSA) is 27.2 Å². The van der Waals surface area contributed by atoms with Crippen LogP contribution in [0.25, 0.3) is 17.0 Å². The molecule has 0 bridgehead atoms. The quantitative estimate of drug-likeness (QED) is 0.703. The molecule has 1 aliphatic rings. The van der Waals surface area contributed by atoms with Crippen LogP contribution in [-0.2, 0) is 13.7 Å². The molecule has 0 spiro atoms. The maximum Gasteiger partial charge on any atom is 0.202 e. The molecule has 3 aromatic rings. The van der Waals surface area contributed by atoms with Gasteiger partial charge in [0.25, 0.3) is 0 Å². The van der Waals surface area contributed by atoms with Gasteiger partial charge in [-0.15, -0.1) is 5.10 Å². The van der Waals surface area contributed by atoms with Crippen LogP contribution in [0.15, 0.2) is 60.7 Å². The monoisotopic (exact) mass is 381 g/mol. The molecule has 0 amide bonds. The second kappa shape index (κ2) is 7.58. The Hall–Kier alpha value is -2.57. The Morgan fingerprint density at radius 1 is 1.11 bits per heavy atom. The maximum atomic E-state index is 14.1. The van der Waals surface area contributed by atoms with Crippen LogP contribution in [0.1, 0.15) is 12.0 Å². The summed E-state index contributed by atoms with van der Waals surface area (Å²) in [5, 5.41) is 4.61. The second-order valence-corrected chi connectivity index (χ2v) is 7.22. The number of hydrogen-bond donors (Lipinski definition) is 1. The molecule has 0 saturated heterocycles. The minimum atomic E-state index is -0.284. The SMILES string of the molecule is Cn1c(-c2ccccc2F)nn(C[NH+]2CC=C(c3ccccc3)CC2)c1=S. The van der Waals surface area contributed by atoms with Crippen LogP contribution in [0, 0.1) is 10.6 Å². The van der Waals surface area contributed by atoms with Gasteiger partial charge in [-0.3, -0.25) is 0 Å². The highest BCUT2D eigenvalue weighted by molar-refractivity contribution is 7.71. The molecular formula is C21H22FN4S+. The lowest BCUT2D eigenvalue weighted by atomic mass is 10.00. The van der Waals surface area contributed by atoms with Gasteiger partial charge in [0.2, 0.25) is 4.77 Å². The largest absolute Gasteiger partial charge is 0.313 e. The van der Waals surface area contributed by atoms with E-state index in [4.69, 9.17) is 12.2 Å². The molecule has 138 valence electrons. The van der Waals surface area contributed by atoms with Crippen molar-refractivity contribution in [1.29, 1.82) is 0 Å². The summed E-state index contributed by atoms with van der Waals surface area (Å²) in [6.07, 6.45) is 3.33. The van der Waals surface area contributed by atoms with E-state index in [9.17, 15) is 4.39 Å². The molecule has 0 fully saturated rings. The van der Waals surface area contributed by atoms with Crippen molar-refractivity contribution in [3.63, 3.8) is 0 Å². The van der Waals surface area contributed by atoms with Crippen LogP contribution in [0.3, 0.4) is 0 Å². The molecule has 1 aliphatic heterocycles. The van der Waals surface area contributed by atoms with Gasteiger partial charge in [0, 0.05) is 13.5 Å². The number of halogens is 1. The summed E-state index contributed by atoms with van der Waals surface area (Å²) in [4.78, 5) is 1.39. The minimum absolute atomic E-state index is 0.284. The first-order chi connectivity index (χ1) is 13.1. The highest BCUT2D eigenvalue weighted by Gasteiger charge is 2.19. The number of nitrogens with one attached hydrogen (secondary N) is 1. The standard InChI is InChI=1S/C21H21FN4S/c1-24-20(18-9-5-6-10-19(18)22)23-26(21(24)27)15-25-13-11-17(12-14-25)16-7-3-2-4-8-16/h2-11H,12-15H2,1H3/p+1. The van der Waals surface area contributed by atoms with Crippen molar-refractivity contribution in [3.05, 3.63) is 76.8 Å². The Morgan fingerprint density at radius 2 is 1.85 bits per heavy atom. The van der Waals surface area contributed by atoms with Crippen LogP contribution in [0.5, 0.6) is 0 Å². The van der Waals surface area contributed by atoms with Crippen molar-refractivity contribution in [2.45, 2.75) is 13.1 Å². The Labute approximate surface area is 163 Å². The summed E-state index contributed by atoms with van der Waals surface area (Å²) >= 11 is 5.54. The fraction of sp³-hybridized carbons (Fsp3) is 0.238. The third-order valence-electron chi connectivity index (χ3n) is 5.06. The lowest BCUT2D eigenvalue weighted by molar-refractivity contribution is -0.918. The number of nitrogens with zero attached hydrogens (tertiary/aromatic N) is 3. The summed E-state index contributed by atoms with van der Waals surface area (Å²) in [5.74, 6) is 0.281. The number of aromatic nitrogens is 3. The van der Waals surface area contributed by atoms with Gasteiger partial charge in [-0.05, 0) is 41.6 Å². The van der Waals surface area contributed by atoms with Crippen molar-refractivity contribution in [1.82, 2.24) is 14.3 Å². The zero-order chi connectivity index (χ0) is 18.8. The van der Waals surface area contributed by atoms with Gasteiger partial charge in [0.1, 0.15) is 5.82 Å². The van der Waals surface area contributed by atoms with Gasteiger partial charge in [-0.1, -0.05) is 42.5 Å². The molecule has 0 saturated carbocycles. The normalized spacial score (nSPS) is 17.0. The molecule has 1 unspecified atom stereocenters. The van der Waals surface area contributed by atoms with E-state index in [0.717, 1.165) is 19.5 Å². The van der Waals surface area contributed by atoms with Gasteiger partial charge < -0.3 is 9.47 Å². The average molecular weight is 382 g/mol. The molecule has 1 N–H and O–H groups in total. The molecule has 1 atom stereocenters. The van der Waals surface area contributed by atoms with Crippen LogP contribution in [0.4, 0.5) is 4.39 Å². The summed E-state index contributed by atoms with van der Waals surface area (Å²) in [7, 11) is 1.84. The van der Waals surface area contributed by atoms with Gasteiger partial charge in [0.05, 0.1) is 18.7 Å². The summed E-state index contributed by atoms with van der Waals surface area (Å²) in [6, 6.07) is 17.2. The van der Waals surface area contributed by atoms with E-state index in [2.05, 4.69) is 35.4 Å². The van der Waals surface area contributed by atoms with Crippen LogP contribution in [0.2, 0.25) is 0 Å². The van der Waals surface area contributed by atoms with E-state index in [1.807, 2.05) is 23.9 Å². The molecule has 4 nitrogen and oxygen atoms in total. The highest BCUT2D eigenvalue weighted by Crippen LogP contribution is 2.21. The number of rotatable bonds is 4. The Kier molecular flexibility index (Phi) is 5.01. The van der Waals surface area contributed by atoms with E-state index in [-0.39, 0.29) is 5.82 Å². The zero-order valence-corrected chi connectivity index (χ0v) is 16.0. The molecule has 27 heavy (non-hydrogen) atoms. The summed E-state index contributed by atoms with van der Waals surface area (Å²) < 4.78 is 18.4. The predicted molar refractivity (Wildman–Crippen MR) is 107 cm³/mol. The third kappa shape index (κ3) is 3.63. The maximum absolute atomic E-state index is 14.1. The van der Waals surface area contributed by atoms with Gasteiger partial charge in [0.15, 0.2) is 12.5 Å². The van der Waals surface area contributed by atoms with Gasteiger partial charge in [-0.25, -0.2) is 4.39 Å². The zero-order valence-electron chi connectivity index (χ0n) is 15.2. The van der Waals surface area contributed by atoms with Crippen molar-refractivity contribution in [2.75, 3.05) is 13.1 Å². The molecule has 0 aliphatic carbocycles. The molecule has 0 radical (unpaired) electrons. The van der Waals surface area contributed by atoms with Crippen molar-refractivity contribution in [3.8, 4) is 11.4 Å². The first-order valence-electron chi connectivity index (χ1n) is 9.10. The second-order valence-electron chi connectivity index (χ2n) is 6.85. The Morgan fingerprint density at radius 3 is 2.56 bits per heavy atom. The van der Waals surface area contributed by atoms with E-state index >= 15 is 0 Å². The first kappa shape index (κ1) is 17.8. The first-order valence-corrected chi connectivity index (χ1v) is 9.51. The van der Waals surface area contributed by atoms with E-state index in [1.54, 1.807) is 16.7 Å². The van der Waals surface area contributed by atoms with E-state index < -0.39 is 0 Å². The number of benzene rings is 2. The number of quaternary nitrogens is 1. The fourth-order valence-corrected chi connectivity index (χ4v) is 3.71. The van der Waals surface area contributed by atoms with Gasteiger partial charge in [-0.2, -0.15) is 4.68 Å². The minimum Gasteiger partial charge on any atom is -0.313 e. The summed E-state index contributed by atoms with van der Waals surface area (Å²) in [6.45, 7) is 2.63. The highest BCUT2D eigenvalue weighted by atomic mass is 32.1. The molecule has 2 aromatic carbocycles. The number of hydrogen-bond acceptors (Lipinski definition) is 2. The molecular weight excluding hydrogens is 359 g/mol. The van der Waals surface area contributed by atoms with Gasteiger partial charge >= 0.3 is 0 Å². The van der Waals surface area contributed by atoms with Crippen LogP contribution in [-0.4, -0.2) is 27.4 Å². The fourth-order valence-electron chi connectivity index (χ4n) is 3.52. The Balaban J connectivity index is 1.53. The van der Waals surface area contributed by atoms with Crippen molar-refractivity contribution in [2.24, 2.45) is 7.05 Å². The average Bonchev–Trinajstić information content (AvgIpc) is 2.98. The molecule has 6 heteroatoms. The molecule has 2 heterocycles. The van der Waals surface area contributed by atoms with Crippen molar-refractivity contribution < 1.29 is 9.29 Å². The third-order valence-corrected chi connectivity index (χ3v) is 5.54. The Bertz CT molecular complexity index is 1040. The summed E-state index contributed by atoms with van der Waals surface area (Å²) in [5.41, 5.74) is 3.17. The van der Waals surface area contributed by atoms with E-state index in [0.29, 0.717) is 22.8 Å². The molecule has 1 aromatic heterocycles. The smallest absolute Gasteiger partial charge is 0.202 e. The predicted octanol–water partition coefficient (Wildman–Crippen LogP) is 3.09. The van der Waals surface area contributed by atoms with Crippen molar-refractivity contribution >= 4 is 17.8 Å². The van der Waals surface area contributed by atoms with E-state index in [1.165, 1.54) is 22.1 Å². The van der Waals surface area contributed by atoms with Crippen LogP contribution >= 0.6 is 12.2 Å².